The van der Waals surface area contributed by atoms with Crippen LogP contribution in [0.3, 0.4) is 0 Å². The first-order valence-corrected chi connectivity index (χ1v) is 4.74. The number of carbonyl (C=O) groups excluding carboxylic acids is 1. The Morgan fingerprint density at radius 3 is 1.60 bits per heavy atom. The fourth-order valence-corrected chi connectivity index (χ4v) is 0.811. The third-order valence-electron chi connectivity index (χ3n) is 1.75. The van der Waals surface area contributed by atoms with Gasteiger partial charge in [0.15, 0.2) is 0 Å². The summed E-state index contributed by atoms with van der Waals surface area (Å²) in [6, 6.07) is 8.48. The lowest BCUT2D eigenvalue weighted by Crippen LogP contribution is -1.98. The van der Waals surface area contributed by atoms with E-state index in [4.69, 9.17) is 0 Å². The number of benzene rings is 1. The predicted molar refractivity (Wildman–Crippen MR) is 62.7 cm³/mol. The SMILES string of the molecule is C=C(C)C(=O)OC.Cc1ccc(C)cc1. The lowest BCUT2D eigenvalue weighted by atomic mass is 10.2. The van der Waals surface area contributed by atoms with E-state index in [1.165, 1.54) is 18.2 Å². The summed E-state index contributed by atoms with van der Waals surface area (Å²) in [5.41, 5.74) is 3.09. The van der Waals surface area contributed by atoms with Gasteiger partial charge in [0.2, 0.25) is 0 Å². The van der Waals surface area contributed by atoms with E-state index in [-0.39, 0.29) is 5.97 Å². The van der Waals surface area contributed by atoms with Crippen molar-refractivity contribution in [1.82, 2.24) is 0 Å². The molecule has 0 fully saturated rings. The summed E-state index contributed by atoms with van der Waals surface area (Å²) in [5, 5.41) is 0. The minimum Gasteiger partial charge on any atom is -0.466 e. The van der Waals surface area contributed by atoms with Crippen LogP contribution in [-0.2, 0) is 9.53 Å². The molecule has 0 aromatic heterocycles. The van der Waals surface area contributed by atoms with Crippen molar-refractivity contribution in [2.75, 3.05) is 7.11 Å². The van der Waals surface area contributed by atoms with Gasteiger partial charge in [-0.25, -0.2) is 4.79 Å². The van der Waals surface area contributed by atoms with Gasteiger partial charge in [-0.05, 0) is 20.8 Å². The van der Waals surface area contributed by atoms with E-state index in [1.54, 1.807) is 6.92 Å². The highest BCUT2D eigenvalue weighted by Gasteiger charge is 1.95. The van der Waals surface area contributed by atoms with Gasteiger partial charge >= 0.3 is 5.97 Å². The third kappa shape index (κ3) is 6.49. The molecule has 0 amide bonds. The fraction of sp³-hybridized carbons (Fsp3) is 0.308. The van der Waals surface area contributed by atoms with E-state index in [1.807, 2.05) is 0 Å². The molecule has 1 aromatic carbocycles. The quantitative estimate of drug-likeness (QED) is 0.521. The van der Waals surface area contributed by atoms with Crippen LogP contribution in [0, 0.1) is 13.8 Å². The molecule has 2 heteroatoms. The van der Waals surface area contributed by atoms with Crippen LogP contribution >= 0.6 is 0 Å². The summed E-state index contributed by atoms with van der Waals surface area (Å²) in [4.78, 5) is 10.2. The number of rotatable bonds is 1. The van der Waals surface area contributed by atoms with E-state index >= 15 is 0 Å². The number of hydrogen-bond acceptors (Lipinski definition) is 2. The van der Waals surface area contributed by atoms with E-state index in [2.05, 4.69) is 49.4 Å². The molecule has 0 aliphatic rings. The van der Waals surface area contributed by atoms with Crippen molar-refractivity contribution in [2.45, 2.75) is 20.8 Å². The monoisotopic (exact) mass is 206 g/mol. The number of esters is 1. The Balaban J connectivity index is 0.000000265. The van der Waals surface area contributed by atoms with Crippen LogP contribution < -0.4 is 0 Å². The maximum atomic E-state index is 10.2. The second-order valence-corrected chi connectivity index (χ2v) is 3.43. The van der Waals surface area contributed by atoms with Crippen molar-refractivity contribution >= 4 is 5.97 Å². The maximum absolute atomic E-state index is 10.2. The molecule has 0 saturated heterocycles. The highest BCUT2D eigenvalue weighted by Crippen LogP contribution is 1.99. The van der Waals surface area contributed by atoms with Gasteiger partial charge in [-0.1, -0.05) is 42.0 Å². The van der Waals surface area contributed by atoms with Crippen LogP contribution in [0.5, 0.6) is 0 Å². The van der Waals surface area contributed by atoms with Crippen molar-refractivity contribution in [2.24, 2.45) is 0 Å². The summed E-state index contributed by atoms with van der Waals surface area (Å²) in [6.07, 6.45) is 0. The second-order valence-electron chi connectivity index (χ2n) is 3.43. The summed E-state index contributed by atoms with van der Waals surface area (Å²) in [5.74, 6) is -0.347. The topological polar surface area (TPSA) is 26.3 Å². The molecule has 0 bridgehead atoms. The highest BCUT2D eigenvalue weighted by atomic mass is 16.5. The van der Waals surface area contributed by atoms with E-state index in [0.29, 0.717) is 5.57 Å². The first-order valence-electron chi connectivity index (χ1n) is 4.74. The predicted octanol–water partition coefficient (Wildman–Crippen LogP) is 3.04. The number of methoxy groups -OCH3 is 1. The van der Waals surface area contributed by atoms with Crippen molar-refractivity contribution in [3.8, 4) is 0 Å². The molecule has 0 aliphatic heterocycles. The van der Waals surface area contributed by atoms with Crippen molar-refractivity contribution in [3.05, 3.63) is 47.5 Å². The Bertz CT molecular complexity index is 302. The van der Waals surface area contributed by atoms with Crippen molar-refractivity contribution in [3.63, 3.8) is 0 Å². The summed E-state index contributed by atoms with van der Waals surface area (Å²) >= 11 is 0. The van der Waals surface area contributed by atoms with Gasteiger partial charge < -0.3 is 4.74 Å². The Labute approximate surface area is 91.6 Å². The molecular weight excluding hydrogens is 188 g/mol. The third-order valence-corrected chi connectivity index (χ3v) is 1.75. The molecule has 1 aromatic rings. The molecule has 0 unspecified atom stereocenters. The van der Waals surface area contributed by atoms with Gasteiger partial charge in [-0.3, -0.25) is 0 Å². The van der Waals surface area contributed by atoms with Crippen LogP contribution in [0.1, 0.15) is 18.1 Å². The van der Waals surface area contributed by atoms with Gasteiger partial charge in [0, 0.05) is 5.57 Å². The van der Waals surface area contributed by atoms with Crippen LogP contribution in [-0.4, -0.2) is 13.1 Å². The van der Waals surface area contributed by atoms with Crippen LogP contribution in [0.15, 0.2) is 36.4 Å². The lowest BCUT2D eigenvalue weighted by molar-refractivity contribution is -0.136. The van der Waals surface area contributed by atoms with Crippen molar-refractivity contribution < 1.29 is 9.53 Å². The first-order chi connectivity index (χ1) is 6.97. The molecule has 0 heterocycles. The Kier molecular flexibility index (Phi) is 6.11. The Hall–Kier alpha value is -1.57. The van der Waals surface area contributed by atoms with E-state index in [9.17, 15) is 4.79 Å². The summed E-state index contributed by atoms with van der Waals surface area (Å²) in [6.45, 7) is 9.15. The lowest BCUT2D eigenvalue weighted by Gasteiger charge is -1.91. The number of carbonyl (C=O) groups is 1. The van der Waals surface area contributed by atoms with Gasteiger partial charge in [0.05, 0.1) is 7.11 Å². The molecule has 82 valence electrons. The molecule has 0 radical (unpaired) electrons. The zero-order valence-corrected chi connectivity index (χ0v) is 9.83. The largest absolute Gasteiger partial charge is 0.466 e. The first kappa shape index (κ1) is 13.4. The van der Waals surface area contributed by atoms with Crippen molar-refractivity contribution in [1.29, 1.82) is 0 Å². The van der Waals surface area contributed by atoms with Gasteiger partial charge in [0.25, 0.3) is 0 Å². The van der Waals surface area contributed by atoms with Crippen LogP contribution in [0.2, 0.25) is 0 Å². The van der Waals surface area contributed by atoms with E-state index < -0.39 is 0 Å². The minimum atomic E-state index is -0.347. The standard InChI is InChI=1S/C8H10.C5H8O2/c1-7-3-5-8(2)6-4-7;1-4(2)5(6)7-3/h3-6H,1-2H3;1H2,2-3H3. The smallest absolute Gasteiger partial charge is 0.332 e. The molecule has 2 nitrogen and oxygen atoms in total. The number of ether oxygens (including phenoxy) is 1. The average molecular weight is 206 g/mol. The zero-order valence-electron chi connectivity index (χ0n) is 9.83. The number of hydrogen-bond donors (Lipinski definition) is 0. The van der Waals surface area contributed by atoms with Crippen LogP contribution in [0.25, 0.3) is 0 Å². The second kappa shape index (κ2) is 6.82. The molecule has 0 aliphatic carbocycles. The summed E-state index contributed by atoms with van der Waals surface area (Å²) < 4.78 is 4.27. The molecule has 0 atom stereocenters. The molecule has 0 saturated carbocycles. The highest BCUT2D eigenvalue weighted by molar-refractivity contribution is 5.86. The minimum absolute atomic E-state index is 0.347. The zero-order chi connectivity index (χ0) is 11.8. The molecule has 15 heavy (non-hydrogen) atoms. The van der Waals surface area contributed by atoms with Gasteiger partial charge in [-0.2, -0.15) is 0 Å². The van der Waals surface area contributed by atoms with Crippen LogP contribution in [0.4, 0.5) is 0 Å². The normalized spacial score (nSPS) is 8.53. The number of aryl methyl sites for hydroxylation is 2. The molecule has 1 rings (SSSR count). The summed E-state index contributed by atoms with van der Waals surface area (Å²) in [7, 11) is 1.33. The van der Waals surface area contributed by atoms with Gasteiger partial charge in [-0.15, -0.1) is 0 Å². The fourth-order valence-electron chi connectivity index (χ4n) is 0.811. The molecule has 0 N–H and O–H groups in total. The van der Waals surface area contributed by atoms with Gasteiger partial charge in [0.1, 0.15) is 0 Å². The van der Waals surface area contributed by atoms with E-state index in [0.717, 1.165) is 0 Å². The molecular formula is C13H18O2. The molecule has 0 spiro atoms. The Morgan fingerprint density at radius 1 is 1.13 bits per heavy atom. The Morgan fingerprint density at radius 2 is 1.47 bits per heavy atom. The average Bonchev–Trinajstić information content (AvgIpc) is 2.22. The maximum Gasteiger partial charge on any atom is 0.332 e.